The first-order valence-corrected chi connectivity index (χ1v) is 8.13. The lowest BCUT2D eigenvalue weighted by atomic mass is 9.96. The van der Waals surface area contributed by atoms with Gasteiger partial charge in [0, 0.05) is 25.0 Å². The van der Waals surface area contributed by atoms with Crippen molar-refractivity contribution in [1.82, 2.24) is 15.6 Å². The van der Waals surface area contributed by atoms with E-state index in [1.54, 1.807) is 11.3 Å². The van der Waals surface area contributed by atoms with Gasteiger partial charge in [0.15, 0.2) is 0 Å². The van der Waals surface area contributed by atoms with Crippen LogP contribution in [0.25, 0.3) is 0 Å². The van der Waals surface area contributed by atoms with Gasteiger partial charge in [-0.1, -0.05) is 0 Å². The highest BCUT2D eigenvalue weighted by Crippen LogP contribution is 2.20. The minimum Gasteiger partial charge on any atom is -0.352 e. The van der Waals surface area contributed by atoms with Gasteiger partial charge >= 0.3 is 0 Å². The molecule has 4 nitrogen and oxygen atoms in total. The number of amides is 1. The van der Waals surface area contributed by atoms with E-state index in [0.717, 1.165) is 30.8 Å². The smallest absolute Gasteiger partial charge is 0.224 e. The third-order valence-corrected chi connectivity index (χ3v) is 4.61. The van der Waals surface area contributed by atoms with E-state index in [1.165, 1.54) is 16.7 Å². The molecule has 2 aromatic heterocycles. The Kier molecular flexibility index (Phi) is 4.31. The van der Waals surface area contributed by atoms with Crippen molar-refractivity contribution in [3.8, 4) is 0 Å². The fourth-order valence-electron chi connectivity index (χ4n) is 2.71. The molecule has 0 saturated carbocycles. The summed E-state index contributed by atoms with van der Waals surface area (Å²) in [6.45, 7) is 4.46. The molecule has 3 rings (SSSR count). The Bertz CT molecular complexity index is 637. The van der Waals surface area contributed by atoms with Crippen molar-refractivity contribution in [2.75, 3.05) is 6.54 Å². The van der Waals surface area contributed by atoms with Crippen LogP contribution in [0.2, 0.25) is 0 Å². The Hall–Kier alpha value is -1.72. The minimum absolute atomic E-state index is 0.0688. The number of hydrogen-bond acceptors (Lipinski definition) is 4. The molecule has 5 heteroatoms. The van der Waals surface area contributed by atoms with Gasteiger partial charge < -0.3 is 10.6 Å². The summed E-state index contributed by atoms with van der Waals surface area (Å²) in [5.74, 6) is 0.0688. The summed E-state index contributed by atoms with van der Waals surface area (Å²) in [5, 5.41) is 10.4. The molecule has 1 aliphatic rings. The normalized spacial score (nSPS) is 13.8. The monoisotopic (exact) mass is 301 g/mol. The predicted octanol–water partition coefficient (Wildman–Crippen LogP) is 1.96. The lowest BCUT2D eigenvalue weighted by Gasteiger charge is -2.21. The number of carbonyl (C=O) groups is 1. The number of aryl methyl sites for hydroxylation is 1. The molecule has 0 bridgehead atoms. The maximum absolute atomic E-state index is 12.0. The molecule has 0 fully saturated rings. The van der Waals surface area contributed by atoms with Crippen molar-refractivity contribution in [1.29, 1.82) is 0 Å². The maximum Gasteiger partial charge on any atom is 0.224 e. The van der Waals surface area contributed by atoms with E-state index in [1.807, 2.05) is 29.9 Å². The van der Waals surface area contributed by atoms with Gasteiger partial charge in [0.05, 0.1) is 6.42 Å². The third kappa shape index (κ3) is 3.31. The molecule has 0 atom stereocenters. The Morgan fingerprint density at radius 1 is 1.52 bits per heavy atom. The first-order chi connectivity index (χ1) is 10.2. The van der Waals surface area contributed by atoms with Crippen LogP contribution in [0.3, 0.4) is 0 Å². The molecule has 1 aliphatic heterocycles. The second-order valence-corrected chi connectivity index (χ2v) is 6.12. The van der Waals surface area contributed by atoms with Gasteiger partial charge in [-0.05, 0) is 59.0 Å². The molecule has 0 aromatic carbocycles. The molecular formula is C16H19N3OS. The number of carbonyl (C=O) groups excluding carboxylic acids is 1. The number of pyridine rings is 1. The van der Waals surface area contributed by atoms with Crippen molar-refractivity contribution in [3.05, 3.63) is 51.0 Å². The van der Waals surface area contributed by atoms with Crippen LogP contribution >= 0.6 is 11.3 Å². The van der Waals surface area contributed by atoms with E-state index in [9.17, 15) is 4.79 Å². The highest BCUT2D eigenvalue weighted by molar-refractivity contribution is 7.07. The summed E-state index contributed by atoms with van der Waals surface area (Å²) in [5.41, 5.74) is 5.90. The fraction of sp³-hybridized carbons (Fsp3) is 0.375. The Balaban J connectivity index is 1.69. The van der Waals surface area contributed by atoms with E-state index in [-0.39, 0.29) is 5.91 Å². The topological polar surface area (TPSA) is 54.0 Å². The van der Waals surface area contributed by atoms with Gasteiger partial charge in [0.1, 0.15) is 0 Å². The quantitative estimate of drug-likeness (QED) is 0.907. The second kappa shape index (κ2) is 6.37. The number of nitrogens with one attached hydrogen (secondary N) is 2. The van der Waals surface area contributed by atoms with Crippen LogP contribution < -0.4 is 10.6 Å². The highest BCUT2D eigenvalue weighted by Gasteiger charge is 2.16. The van der Waals surface area contributed by atoms with Crippen molar-refractivity contribution < 1.29 is 4.79 Å². The zero-order chi connectivity index (χ0) is 14.7. The number of aromatic nitrogens is 1. The molecule has 21 heavy (non-hydrogen) atoms. The summed E-state index contributed by atoms with van der Waals surface area (Å²) >= 11 is 1.62. The summed E-state index contributed by atoms with van der Waals surface area (Å²) in [6, 6.07) is 1.99. The van der Waals surface area contributed by atoms with Crippen molar-refractivity contribution >= 4 is 17.2 Å². The standard InChI is InChI=1S/C16H19N3OS/c1-11-15(14-2-4-17-7-13(14)8-18-11)9-19-16(20)6-12-3-5-21-10-12/h3,5,8,10,17H,2,4,6-7,9H2,1H3,(H,19,20). The molecule has 110 valence electrons. The van der Waals surface area contributed by atoms with Gasteiger partial charge in [0.25, 0.3) is 0 Å². The molecular weight excluding hydrogens is 282 g/mol. The van der Waals surface area contributed by atoms with Crippen molar-refractivity contribution in [2.45, 2.75) is 32.9 Å². The van der Waals surface area contributed by atoms with Crippen LogP contribution in [0.4, 0.5) is 0 Å². The number of thiophene rings is 1. The van der Waals surface area contributed by atoms with Gasteiger partial charge in [0.2, 0.25) is 5.91 Å². The van der Waals surface area contributed by atoms with E-state index >= 15 is 0 Å². The molecule has 0 aliphatic carbocycles. The van der Waals surface area contributed by atoms with Crippen molar-refractivity contribution in [3.63, 3.8) is 0 Å². The predicted molar refractivity (Wildman–Crippen MR) is 84.3 cm³/mol. The van der Waals surface area contributed by atoms with E-state index in [2.05, 4.69) is 15.6 Å². The molecule has 0 radical (unpaired) electrons. The number of rotatable bonds is 4. The van der Waals surface area contributed by atoms with Gasteiger partial charge in [-0.2, -0.15) is 11.3 Å². The summed E-state index contributed by atoms with van der Waals surface area (Å²) in [6.07, 6.45) is 3.41. The number of fused-ring (bicyclic) bond motifs is 1. The van der Waals surface area contributed by atoms with Crippen LogP contribution in [0.15, 0.2) is 23.0 Å². The molecule has 1 amide bonds. The van der Waals surface area contributed by atoms with E-state index in [0.29, 0.717) is 13.0 Å². The summed E-state index contributed by atoms with van der Waals surface area (Å²) < 4.78 is 0. The summed E-state index contributed by atoms with van der Waals surface area (Å²) in [4.78, 5) is 16.5. The lowest BCUT2D eigenvalue weighted by Crippen LogP contribution is -2.29. The lowest BCUT2D eigenvalue weighted by molar-refractivity contribution is -0.120. The van der Waals surface area contributed by atoms with Crippen LogP contribution in [0, 0.1) is 6.92 Å². The molecule has 2 aromatic rings. The largest absolute Gasteiger partial charge is 0.352 e. The Labute approximate surface area is 128 Å². The average Bonchev–Trinajstić information content (AvgIpc) is 2.99. The summed E-state index contributed by atoms with van der Waals surface area (Å²) in [7, 11) is 0. The number of nitrogens with zero attached hydrogens (tertiary/aromatic N) is 1. The molecule has 3 heterocycles. The van der Waals surface area contributed by atoms with Crippen LogP contribution in [0.5, 0.6) is 0 Å². The molecule has 0 saturated heterocycles. The average molecular weight is 301 g/mol. The Morgan fingerprint density at radius 2 is 2.43 bits per heavy atom. The highest BCUT2D eigenvalue weighted by atomic mass is 32.1. The van der Waals surface area contributed by atoms with Crippen molar-refractivity contribution in [2.24, 2.45) is 0 Å². The van der Waals surface area contributed by atoms with E-state index in [4.69, 9.17) is 0 Å². The zero-order valence-electron chi connectivity index (χ0n) is 12.1. The van der Waals surface area contributed by atoms with Gasteiger partial charge in [-0.15, -0.1) is 0 Å². The van der Waals surface area contributed by atoms with E-state index < -0.39 is 0 Å². The molecule has 0 unspecified atom stereocenters. The van der Waals surface area contributed by atoms with Gasteiger partial charge in [-0.25, -0.2) is 0 Å². The van der Waals surface area contributed by atoms with Gasteiger partial charge in [-0.3, -0.25) is 9.78 Å². The zero-order valence-corrected chi connectivity index (χ0v) is 12.9. The first-order valence-electron chi connectivity index (χ1n) is 7.19. The van der Waals surface area contributed by atoms with Crippen LogP contribution in [0.1, 0.15) is 27.9 Å². The Morgan fingerprint density at radius 3 is 3.24 bits per heavy atom. The third-order valence-electron chi connectivity index (χ3n) is 3.88. The molecule has 2 N–H and O–H groups in total. The van der Waals surface area contributed by atoms with Crippen LogP contribution in [-0.2, 0) is 30.7 Å². The SMILES string of the molecule is Cc1ncc2c(c1CNC(=O)Cc1ccsc1)CCNC2. The second-order valence-electron chi connectivity index (χ2n) is 5.34. The first kappa shape index (κ1) is 14.2. The number of hydrogen-bond donors (Lipinski definition) is 2. The van der Waals surface area contributed by atoms with Crippen LogP contribution in [-0.4, -0.2) is 17.4 Å². The fourth-order valence-corrected chi connectivity index (χ4v) is 3.37. The molecule has 0 spiro atoms. The maximum atomic E-state index is 12.0. The minimum atomic E-state index is 0.0688.